The zero-order valence-electron chi connectivity index (χ0n) is 8.10. The summed E-state index contributed by atoms with van der Waals surface area (Å²) in [5.41, 5.74) is 1.41. The lowest BCUT2D eigenvalue weighted by molar-refractivity contribution is 0.126. The number of hydrogen-bond acceptors (Lipinski definition) is 2. The topological polar surface area (TPSA) is 21.3 Å². The fourth-order valence-electron chi connectivity index (χ4n) is 1.43. The van der Waals surface area contributed by atoms with Gasteiger partial charge in [0.25, 0.3) is 0 Å². The van der Waals surface area contributed by atoms with Gasteiger partial charge >= 0.3 is 0 Å². The Morgan fingerprint density at radius 3 is 2.92 bits per heavy atom. The number of allylic oxidation sites excluding steroid dienone is 1. The van der Waals surface area contributed by atoms with Crippen molar-refractivity contribution in [3.05, 3.63) is 11.6 Å². The molecule has 1 unspecified atom stereocenters. The van der Waals surface area contributed by atoms with Crippen LogP contribution in [0.15, 0.2) is 11.6 Å². The maximum absolute atomic E-state index is 5.52. The molecule has 1 rings (SSSR count). The summed E-state index contributed by atoms with van der Waals surface area (Å²) in [6, 6.07) is 0. The zero-order chi connectivity index (χ0) is 8.81. The van der Waals surface area contributed by atoms with Crippen LogP contribution in [0.25, 0.3) is 0 Å². The first-order valence-corrected chi connectivity index (χ1v) is 4.92. The second-order valence-corrected chi connectivity index (χ2v) is 3.13. The first-order chi connectivity index (χ1) is 5.88. The minimum absolute atomic E-state index is 0.210. The van der Waals surface area contributed by atoms with Crippen molar-refractivity contribution >= 4 is 0 Å². The van der Waals surface area contributed by atoms with Crippen molar-refractivity contribution in [3.8, 4) is 0 Å². The number of nitrogens with one attached hydrogen (secondary N) is 1. The van der Waals surface area contributed by atoms with Gasteiger partial charge in [-0.25, -0.2) is 0 Å². The van der Waals surface area contributed by atoms with Gasteiger partial charge < -0.3 is 4.74 Å². The average molecular weight is 169 g/mol. The van der Waals surface area contributed by atoms with Crippen molar-refractivity contribution < 1.29 is 4.74 Å². The van der Waals surface area contributed by atoms with Crippen LogP contribution in [-0.4, -0.2) is 19.4 Å². The first kappa shape index (κ1) is 9.75. The van der Waals surface area contributed by atoms with Crippen LogP contribution in [0.5, 0.6) is 0 Å². The number of ether oxygens (including phenoxy) is 1. The second-order valence-electron chi connectivity index (χ2n) is 3.13. The fraction of sp³-hybridized carbons (Fsp3) is 0.800. The standard InChI is InChI=1S/C10H19NO/c1-3-5-6-9(4-2)10-11-7-8-12-10/h6,10-11H,3-5,7-8H2,1-2H3/b9-6+. The van der Waals surface area contributed by atoms with Crippen molar-refractivity contribution in [3.63, 3.8) is 0 Å². The quantitative estimate of drug-likeness (QED) is 0.650. The molecule has 1 heterocycles. The van der Waals surface area contributed by atoms with Gasteiger partial charge in [-0.3, -0.25) is 5.32 Å². The SMILES string of the molecule is CCC/C=C(\CC)C1NCCO1. The highest BCUT2D eigenvalue weighted by molar-refractivity contribution is 5.08. The van der Waals surface area contributed by atoms with Gasteiger partial charge in [-0.1, -0.05) is 26.3 Å². The largest absolute Gasteiger partial charge is 0.358 e. The Balaban J connectivity index is 2.42. The van der Waals surface area contributed by atoms with Crippen molar-refractivity contribution in [1.29, 1.82) is 0 Å². The molecule has 70 valence electrons. The Kier molecular flexibility index (Phi) is 4.33. The third-order valence-corrected chi connectivity index (χ3v) is 2.16. The summed E-state index contributed by atoms with van der Waals surface area (Å²) in [7, 11) is 0. The molecule has 12 heavy (non-hydrogen) atoms. The van der Waals surface area contributed by atoms with Gasteiger partial charge in [-0.05, 0) is 18.4 Å². The molecule has 1 aliphatic rings. The molecule has 2 heteroatoms. The molecule has 0 aliphatic carbocycles. The summed E-state index contributed by atoms with van der Waals surface area (Å²) in [5.74, 6) is 0. The van der Waals surface area contributed by atoms with E-state index >= 15 is 0 Å². The van der Waals surface area contributed by atoms with Crippen molar-refractivity contribution in [1.82, 2.24) is 5.32 Å². The van der Waals surface area contributed by atoms with E-state index in [-0.39, 0.29) is 6.23 Å². The molecule has 0 spiro atoms. The van der Waals surface area contributed by atoms with Crippen LogP contribution in [0.2, 0.25) is 0 Å². The van der Waals surface area contributed by atoms with Gasteiger partial charge in [0.15, 0.2) is 0 Å². The van der Waals surface area contributed by atoms with E-state index in [9.17, 15) is 0 Å². The molecule has 1 N–H and O–H groups in total. The summed E-state index contributed by atoms with van der Waals surface area (Å²) in [6.45, 7) is 6.24. The van der Waals surface area contributed by atoms with Gasteiger partial charge in [0.2, 0.25) is 0 Å². The van der Waals surface area contributed by atoms with Gasteiger partial charge in [0.1, 0.15) is 6.23 Å². The number of rotatable bonds is 4. The molecule has 1 aliphatic heterocycles. The fourth-order valence-corrected chi connectivity index (χ4v) is 1.43. The minimum atomic E-state index is 0.210. The molecular formula is C10H19NO. The maximum Gasteiger partial charge on any atom is 0.130 e. The zero-order valence-corrected chi connectivity index (χ0v) is 8.10. The summed E-state index contributed by atoms with van der Waals surface area (Å²) in [4.78, 5) is 0. The van der Waals surface area contributed by atoms with Gasteiger partial charge in [-0.2, -0.15) is 0 Å². The van der Waals surface area contributed by atoms with Crippen LogP contribution >= 0.6 is 0 Å². The molecule has 0 aromatic rings. The summed E-state index contributed by atoms with van der Waals surface area (Å²) < 4.78 is 5.52. The molecule has 1 atom stereocenters. The lowest BCUT2D eigenvalue weighted by Gasteiger charge is -2.12. The predicted octanol–water partition coefficient (Wildman–Crippen LogP) is 2.07. The van der Waals surface area contributed by atoms with E-state index in [2.05, 4.69) is 25.2 Å². The highest BCUT2D eigenvalue weighted by Crippen LogP contribution is 2.13. The molecule has 0 bridgehead atoms. The Morgan fingerprint density at radius 1 is 1.58 bits per heavy atom. The van der Waals surface area contributed by atoms with E-state index in [1.807, 2.05) is 0 Å². The Hall–Kier alpha value is -0.340. The van der Waals surface area contributed by atoms with Gasteiger partial charge in [0, 0.05) is 6.54 Å². The van der Waals surface area contributed by atoms with E-state index in [0.29, 0.717) is 0 Å². The van der Waals surface area contributed by atoms with Crippen LogP contribution in [-0.2, 0) is 4.74 Å². The molecule has 0 aromatic heterocycles. The van der Waals surface area contributed by atoms with Gasteiger partial charge in [0.05, 0.1) is 6.61 Å². The van der Waals surface area contributed by atoms with E-state index < -0.39 is 0 Å². The monoisotopic (exact) mass is 169 g/mol. The normalized spacial score (nSPS) is 24.8. The molecular weight excluding hydrogens is 150 g/mol. The van der Waals surface area contributed by atoms with Crippen molar-refractivity contribution in [2.24, 2.45) is 0 Å². The van der Waals surface area contributed by atoms with Crippen LogP contribution in [0.4, 0.5) is 0 Å². The Bertz CT molecular complexity index is 148. The smallest absolute Gasteiger partial charge is 0.130 e. The molecule has 1 saturated heterocycles. The van der Waals surface area contributed by atoms with E-state index in [1.165, 1.54) is 18.4 Å². The van der Waals surface area contributed by atoms with E-state index in [4.69, 9.17) is 4.74 Å². The minimum Gasteiger partial charge on any atom is -0.358 e. The Morgan fingerprint density at radius 2 is 2.42 bits per heavy atom. The third-order valence-electron chi connectivity index (χ3n) is 2.16. The molecule has 1 fully saturated rings. The lowest BCUT2D eigenvalue weighted by atomic mass is 10.1. The van der Waals surface area contributed by atoms with Crippen molar-refractivity contribution in [2.45, 2.75) is 39.3 Å². The maximum atomic E-state index is 5.52. The number of hydrogen-bond donors (Lipinski definition) is 1. The second kappa shape index (κ2) is 5.33. The van der Waals surface area contributed by atoms with Gasteiger partial charge in [-0.15, -0.1) is 0 Å². The summed E-state index contributed by atoms with van der Waals surface area (Å²) >= 11 is 0. The molecule has 2 nitrogen and oxygen atoms in total. The lowest BCUT2D eigenvalue weighted by Crippen LogP contribution is -2.24. The molecule has 0 amide bonds. The van der Waals surface area contributed by atoms with Crippen LogP contribution in [0, 0.1) is 0 Å². The van der Waals surface area contributed by atoms with Crippen LogP contribution < -0.4 is 5.32 Å². The summed E-state index contributed by atoms with van der Waals surface area (Å²) in [5, 5.41) is 3.33. The predicted molar refractivity (Wildman–Crippen MR) is 51.0 cm³/mol. The highest BCUT2D eigenvalue weighted by Gasteiger charge is 2.16. The van der Waals surface area contributed by atoms with Crippen LogP contribution in [0.3, 0.4) is 0 Å². The highest BCUT2D eigenvalue weighted by atomic mass is 16.5. The third kappa shape index (κ3) is 2.61. The Labute approximate surface area is 75.0 Å². The van der Waals surface area contributed by atoms with E-state index in [0.717, 1.165) is 19.6 Å². The first-order valence-electron chi connectivity index (χ1n) is 4.92. The van der Waals surface area contributed by atoms with Crippen LogP contribution in [0.1, 0.15) is 33.1 Å². The molecule has 0 saturated carbocycles. The average Bonchev–Trinajstić information content (AvgIpc) is 2.59. The summed E-state index contributed by atoms with van der Waals surface area (Å²) in [6.07, 6.45) is 6.00. The molecule has 0 aromatic carbocycles. The number of unbranched alkanes of at least 4 members (excludes halogenated alkanes) is 1. The molecule has 0 radical (unpaired) electrons. The van der Waals surface area contributed by atoms with E-state index in [1.54, 1.807) is 0 Å². The van der Waals surface area contributed by atoms with Crippen molar-refractivity contribution in [2.75, 3.05) is 13.2 Å².